The SMILES string of the molecule is NC(=S)c1ccc(C(=O)Nc2nnns2)cc1. The van der Waals surface area contributed by atoms with Crippen LogP contribution in [0.1, 0.15) is 15.9 Å². The van der Waals surface area contributed by atoms with Crippen molar-refractivity contribution >= 4 is 39.8 Å². The third-order valence-corrected chi connectivity index (χ3v) is 2.70. The molecular formula is C9H7N5OS2. The predicted molar refractivity (Wildman–Crippen MR) is 68.0 cm³/mol. The number of benzene rings is 1. The van der Waals surface area contributed by atoms with Crippen LogP contribution < -0.4 is 11.1 Å². The van der Waals surface area contributed by atoms with Crippen LogP contribution in [0.25, 0.3) is 0 Å². The van der Waals surface area contributed by atoms with E-state index in [0.29, 0.717) is 21.2 Å². The van der Waals surface area contributed by atoms with Gasteiger partial charge in [0.05, 0.1) is 0 Å². The van der Waals surface area contributed by atoms with Crippen molar-refractivity contribution in [1.29, 1.82) is 0 Å². The Bertz CT molecular complexity index is 537. The topological polar surface area (TPSA) is 93.8 Å². The van der Waals surface area contributed by atoms with Crippen LogP contribution in [0.4, 0.5) is 5.13 Å². The minimum absolute atomic E-state index is 0.280. The summed E-state index contributed by atoms with van der Waals surface area (Å²) in [6, 6.07) is 6.65. The number of aromatic nitrogens is 3. The molecule has 6 nitrogen and oxygen atoms in total. The minimum Gasteiger partial charge on any atom is -0.389 e. The molecule has 0 fully saturated rings. The molecule has 1 aromatic carbocycles. The van der Waals surface area contributed by atoms with E-state index in [1.54, 1.807) is 24.3 Å². The molecule has 0 aliphatic carbocycles. The lowest BCUT2D eigenvalue weighted by Gasteiger charge is -2.02. The molecule has 86 valence electrons. The number of nitrogens with two attached hydrogens (primary N) is 1. The van der Waals surface area contributed by atoms with Gasteiger partial charge in [0, 0.05) is 22.7 Å². The second kappa shape index (κ2) is 4.93. The Labute approximate surface area is 106 Å². The Morgan fingerprint density at radius 3 is 2.47 bits per heavy atom. The number of hydrogen-bond donors (Lipinski definition) is 2. The zero-order valence-corrected chi connectivity index (χ0v) is 10.1. The number of hydrogen-bond acceptors (Lipinski definition) is 6. The molecule has 0 radical (unpaired) electrons. The molecule has 0 spiro atoms. The monoisotopic (exact) mass is 265 g/mol. The molecule has 2 rings (SSSR count). The van der Waals surface area contributed by atoms with Gasteiger partial charge >= 0.3 is 0 Å². The van der Waals surface area contributed by atoms with Crippen LogP contribution in [0.15, 0.2) is 24.3 Å². The number of thiocarbonyl (C=S) groups is 1. The van der Waals surface area contributed by atoms with Gasteiger partial charge in [0.1, 0.15) is 4.99 Å². The average molecular weight is 265 g/mol. The highest BCUT2D eigenvalue weighted by Crippen LogP contribution is 2.09. The molecule has 0 saturated carbocycles. The Balaban J connectivity index is 2.12. The van der Waals surface area contributed by atoms with Crippen LogP contribution in [-0.4, -0.2) is 25.7 Å². The summed E-state index contributed by atoms with van der Waals surface area (Å²) in [6.45, 7) is 0. The number of carbonyl (C=O) groups is 1. The third-order valence-electron chi connectivity index (χ3n) is 1.95. The number of anilines is 1. The predicted octanol–water partition coefficient (Wildman–Crippen LogP) is 0.820. The van der Waals surface area contributed by atoms with E-state index in [4.69, 9.17) is 18.0 Å². The molecule has 17 heavy (non-hydrogen) atoms. The largest absolute Gasteiger partial charge is 0.389 e. The first-order valence-electron chi connectivity index (χ1n) is 4.53. The Morgan fingerprint density at radius 2 is 1.94 bits per heavy atom. The summed E-state index contributed by atoms with van der Waals surface area (Å²) < 4.78 is 3.54. The fourth-order valence-electron chi connectivity index (χ4n) is 1.14. The second-order valence-corrected chi connectivity index (χ2v) is 4.24. The maximum absolute atomic E-state index is 11.7. The highest BCUT2D eigenvalue weighted by molar-refractivity contribution is 7.80. The molecule has 0 atom stereocenters. The zero-order chi connectivity index (χ0) is 12.3. The summed E-state index contributed by atoms with van der Waals surface area (Å²) in [5.41, 5.74) is 6.66. The van der Waals surface area contributed by atoms with Gasteiger partial charge in [0.25, 0.3) is 5.91 Å². The lowest BCUT2D eigenvalue weighted by Crippen LogP contribution is -2.13. The molecule has 0 bridgehead atoms. The Morgan fingerprint density at radius 1 is 1.29 bits per heavy atom. The number of amides is 1. The van der Waals surface area contributed by atoms with Crippen LogP contribution in [0.3, 0.4) is 0 Å². The average Bonchev–Trinajstić information content (AvgIpc) is 2.82. The van der Waals surface area contributed by atoms with Gasteiger partial charge in [0.15, 0.2) is 0 Å². The van der Waals surface area contributed by atoms with Crippen LogP contribution >= 0.6 is 23.8 Å². The number of nitrogens with zero attached hydrogens (tertiary/aromatic N) is 3. The molecule has 0 aliphatic heterocycles. The van der Waals surface area contributed by atoms with E-state index < -0.39 is 0 Å². The van der Waals surface area contributed by atoms with Crippen LogP contribution in [0.5, 0.6) is 0 Å². The van der Waals surface area contributed by atoms with Gasteiger partial charge < -0.3 is 5.73 Å². The molecule has 3 N–H and O–H groups in total. The van der Waals surface area contributed by atoms with E-state index in [1.165, 1.54) is 0 Å². The van der Waals surface area contributed by atoms with Gasteiger partial charge in [0.2, 0.25) is 5.13 Å². The molecule has 1 aromatic heterocycles. The maximum atomic E-state index is 11.7. The summed E-state index contributed by atoms with van der Waals surface area (Å²) in [4.78, 5) is 12.0. The summed E-state index contributed by atoms with van der Waals surface area (Å²) in [6.07, 6.45) is 0. The van der Waals surface area contributed by atoms with Crippen LogP contribution in [0.2, 0.25) is 0 Å². The normalized spacial score (nSPS) is 9.88. The van der Waals surface area contributed by atoms with Crippen LogP contribution in [0, 0.1) is 0 Å². The molecule has 2 aromatic rings. The molecule has 0 aliphatic rings. The number of rotatable bonds is 3. The first kappa shape index (κ1) is 11.6. The fraction of sp³-hybridized carbons (Fsp3) is 0. The van der Waals surface area contributed by atoms with E-state index >= 15 is 0 Å². The zero-order valence-electron chi connectivity index (χ0n) is 8.45. The van der Waals surface area contributed by atoms with Gasteiger partial charge in [-0.25, -0.2) is 0 Å². The van der Waals surface area contributed by atoms with E-state index in [0.717, 1.165) is 11.5 Å². The van der Waals surface area contributed by atoms with Crippen LogP contribution in [-0.2, 0) is 0 Å². The van der Waals surface area contributed by atoms with E-state index in [1.807, 2.05) is 0 Å². The lowest BCUT2D eigenvalue weighted by atomic mass is 10.1. The fourth-order valence-corrected chi connectivity index (χ4v) is 1.63. The molecule has 8 heteroatoms. The molecule has 1 amide bonds. The Hall–Kier alpha value is -1.93. The molecular weight excluding hydrogens is 258 g/mol. The van der Waals surface area contributed by atoms with Crippen molar-refractivity contribution < 1.29 is 4.79 Å². The van der Waals surface area contributed by atoms with E-state index in [9.17, 15) is 4.79 Å². The highest BCUT2D eigenvalue weighted by Gasteiger charge is 2.08. The molecule has 1 heterocycles. The van der Waals surface area contributed by atoms with Crippen molar-refractivity contribution in [3.63, 3.8) is 0 Å². The highest BCUT2D eigenvalue weighted by atomic mass is 32.1. The summed E-state index contributed by atoms with van der Waals surface area (Å²) >= 11 is 5.83. The van der Waals surface area contributed by atoms with Crippen molar-refractivity contribution in [3.8, 4) is 0 Å². The summed E-state index contributed by atoms with van der Waals surface area (Å²) in [5, 5.41) is 9.91. The standard InChI is InChI=1S/C9H7N5OS2/c10-7(16)5-1-3-6(4-2-5)8(15)11-9-12-13-14-17-9/h1-4H,(H2,10,16)(H,11,12,14,15). The first-order chi connectivity index (χ1) is 8.16. The lowest BCUT2D eigenvalue weighted by molar-refractivity contribution is 0.102. The molecule has 0 saturated heterocycles. The summed E-state index contributed by atoms with van der Waals surface area (Å²) in [7, 11) is 0. The smallest absolute Gasteiger partial charge is 0.257 e. The van der Waals surface area contributed by atoms with Crippen molar-refractivity contribution in [1.82, 2.24) is 14.8 Å². The van der Waals surface area contributed by atoms with Crippen molar-refractivity contribution in [3.05, 3.63) is 35.4 Å². The maximum Gasteiger partial charge on any atom is 0.257 e. The van der Waals surface area contributed by atoms with Crippen molar-refractivity contribution in [2.45, 2.75) is 0 Å². The minimum atomic E-state index is -0.280. The number of carbonyl (C=O) groups excluding carboxylic acids is 1. The van der Waals surface area contributed by atoms with Crippen molar-refractivity contribution in [2.75, 3.05) is 5.32 Å². The quantitative estimate of drug-likeness (QED) is 0.798. The van der Waals surface area contributed by atoms with Gasteiger partial charge in [-0.2, -0.15) is 0 Å². The van der Waals surface area contributed by atoms with Gasteiger partial charge in [-0.1, -0.05) is 33.9 Å². The second-order valence-electron chi connectivity index (χ2n) is 3.06. The molecule has 0 unspecified atom stereocenters. The Kier molecular flexibility index (Phi) is 3.35. The summed E-state index contributed by atoms with van der Waals surface area (Å²) in [5.74, 6) is -0.280. The van der Waals surface area contributed by atoms with Gasteiger partial charge in [-0.3, -0.25) is 10.1 Å². The van der Waals surface area contributed by atoms with Crippen molar-refractivity contribution in [2.24, 2.45) is 5.73 Å². The van der Waals surface area contributed by atoms with E-state index in [2.05, 4.69) is 20.1 Å². The third kappa shape index (κ3) is 2.80. The first-order valence-corrected chi connectivity index (χ1v) is 5.71. The van der Waals surface area contributed by atoms with E-state index in [-0.39, 0.29) is 5.91 Å². The number of nitrogens with one attached hydrogen (secondary N) is 1. The van der Waals surface area contributed by atoms with Gasteiger partial charge in [-0.15, -0.1) is 0 Å². The van der Waals surface area contributed by atoms with Gasteiger partial charge in [-0.05, 0) is 17.3 Å².